The van der Waals surface area contributed by atoms with Crippen LogP contribution in [0, 0.1) is 6.92 Å². The van der Waals surface area contributed by atoms with Crippen LogP contribution in [-0.2, 0) is 20.7 Å². The minimum Gasteiger partial charge on any atom is -0.485 e. The Kier molecular flexibility index (Phi) is 2.87. The Labute approximate surface area is 98.6 Å². The summed E-state index contributed by atoms with van der Waals surface area (Å²) >= 11 is 6.09. The molecule has 0 saturated heterocycles. The summed E-state index contributed by atoms with van der Waals surface area (Å²) in [6.07, 6.45) is 3.47. The van der Waals surface area contributed by atoms with Crippen LogP contribution in [-0.4, -0.2) is 19.6 Å². The van der Waals surface area contributed by atoms with E-state index in [1.54, 1.807) is 21.8 Å². The molecular formula is C10H13ClN4O. The summed E-state index contributed by atoms with van der Waals surface area (Å²) in [5.41, 5.74) is 1.80. The molecule has 0 atom stereocenters. The van der Waals surface area contributed by atoms with E-state index in [9.17, 15) is 0 Å². The predicted octanol–water partition coefficient (Wildman–Crippen LogP) is 1.69. The van der Waals surface area contributed by atoms with E-state index >= 15 is 0 Å². The van der Waals surface area contributed by atoms with E-state index in [0.29, 0.717) is 11.8 Å². The van der Waals surface area contributed by atoms with Crippen molar-refractivity contribution in [2.45, 2.75) is 13.5 Å². The first-order chi connectivity index (χ1) is 7.58. The SMILES string of the molecule is Cc1nn(C)c(Cl)c1COc1cnn(C)c1. The second-order valence-corrected chi connectivity index (χ2v) is 3.97. The summed E-state index contributed by atoms with van der Waals surface area (Å²) in [4.78, 5) is 0. The molecule has 0 amide bonds. The molecule has 2 aromatic rings. The van der Waals surface area contributed by atoms with Gasteiger partial charge in [-0.3, -0.25) is 9.36 Å². The van der Waals surface area contributed by atoms with Crippen LogP contribution >= 0.6 is 11.6 Å². The molecule has 6 heteroatoms. The van der Waals surface area contributed by atoms with Crippen molar-refractivity contribution in [3.63, 3.8) is 0 Å². The zero-order chi connectivity index (χ0) is 11.7. The summed E-state index contributed by atoms with van der Waals surface area (Å²) in [6.45, 7) is 2.32. The smallest absolute Gasteiger partial charge is 0.157 e. The number of ether oxygens (including phenoxy) is 1. The highest BCUT2D eigenvalue weighted by atomic mass is 35.5. The van der Waals surface area contributed by atoms with Crippen molar-refractivity contribution < 1.29 is 4.74 Å². The summed E-state index contributed by atoms with van der Waals surface area (Å²) < 4.78 is 8.89. The van der Waals surface area contributed by atoms with Crippen LogP contribution in [0.5, 0.6) is 5.75 Å². The largest absolute Gasteiger partial charge is 0.485 e. The molecule has 0 aliphatic rings. The van der Waals surface area contributed by atoms with Gasteiger partial charge in [-0.1, -0.05) is 11.6 Å². The van der Waals surface area contributed by atoms with E-state index in [-0.39, 0.29) is 0 Å². The molecule has 0 saturated carbocycles. The quantitative estimate of drug-likeness (QED) is 0.820. The lowest BCUT2D eigenvalue weighted by Gasteiger charge is -2.02. The first-order valence-electron chi connectivity index (χ1n) is 4.87. The van der Waals surface area contributed by atoms with Gasteiger partial charge in [-0.05, 0) is 6.92 Å². The fraction of sp³-hybridized carbons (Fsp3) is 0.400. The maximum absolute atomic E-state index is 6.09. The lowest BCUT2D eigenvalue weighted by atomic mass is 10.3. The van der Waals surface area contributed by atoms with Crippen molar-refractivity contribution in [1.29, 1.82) is 0 Å². The van der Waals surface area contributed by atoms with E-state index in [1.165, 1.54) is 0 Å². The third-order valence-electron chi connectivity index (χ3n) is 2.33. The van der Waals surface area contributed by atoms with E-state index in [1.807, 2.05) is 21.0 Å². The van der Waals surface area contributed by atoms with Gasteiger partial charge in [-0.25, -0.2) is 0 Å². The first-order valence-corrected chi connectivity index (χ1v) is 5.25. The highest BCUT2D eigenvalue weighted by Gasteiger charge is 2.11. The van der Waals surface area contributed by atoms with Crippen LogP contribution in [0.2, 0.25) is 5.15 Å². The van der Waals surface area contributed by atoms with Crippen LogP contribution in [0.15, 0.2) is 12.4 Å². The predicted molar refractivity (Wildman–Crippen MR) is 60.5 cm³/mol. The van der Waals surface area contributed by atoms with Crippen LogP contribution in [0.4, 0.5) is 0 Å². The highest BCUT2D eigenvalue weighted by Crippen LogP contribution is 2.20. The van der Waals surface area contributed by atoms with E-state index in [0.717, 1.165) is 17.0 Å². The number of aromatic nitrogens is 4. The summed E-state index contributed by atoms with van der Waals surface area (Å²) in [6, 6.07) is 0. The summed E-state index contributed by atoms with van der Waals surface area (Å²) in [5, 5.41) is 8.84. The monoisotopic (exact) mass is 240 g/mol. The minimum atomic E-state index is 0.407. The lowest BCUT2D eigenvalue weighted by Crippen LogP contribution is -1.96. The van der Waals surface area contributed by atoms with Gasteiger partial charge in [0.2, 0.25) is 0 Å². The zero-order valence-corrected chi connectivity index (χ0v) is 10.2. The third kappa shape index (κ3) is 2.04. The van der Waals surface area contributed by atoms with Gasteiger partial charge in [0.1, 0.15) is 11.8 Å². The molecule has 0 N–H and O–H groups in total. The second-order valence-electron chi connectivity index (χ2n) is 3.62. The zero-order valence-electron chi connectivity index (χ0n) is 9.44. The molecule has 16 heavy (non-hydrogen) atoms. The van der Waals surface area contributed by atoms with Crippen LogP contribution in [0.3, 0.4) is 0 Å². The molecule has 0 aliphatic carbocycles. The molecular weight excluding hydrogens is 228 g/mol. The fourth-order valence-corrected chi connectivity index (χ4v) is 1.70. The van der Waals surface area contributed by atoms with Gasteiger partial charge in [0.05, 0.1) is 18.1 Å². The molecule has 0 bridgehead atoms. The molecule has 2 rings (SSSR count). The Balaban J connectivity index is 2.10. The van der Waals surface area contributed by atoms with E-state index in [2.05, 4.69) is 10.2 Å². The summed E-state index contributed by atoms with van der Waals surface area (Å²) in [7, 11) is 3.65. The van der Waals surface area contributed by atoms with Crippen molar-refractivity contribution in [3.05, 3.63) is 28.8 Å². The van der Waals surface area contributed by atoms with Gasteiger partial charge in [-0.2, -0.15) is 10.2 Å². The average Bonchev–Trinajstić information content (AvgIpc) is 2.72. The molecule has 2 heterocycles. The van der Waals surface area contributed by atoms with Crippen LogP contribution < -0.4 is 4.74 Å². The Hall–Kier alpha value is -1.49. The van der Waals surface area contributed by atoms with Crippen molar-refractivity contribution in [2.24, 2.45) is 14.1 Å². The first kappa shape index (κ1) is 11.0. The average molecular weight is 241 g/mol. The van der Waals surface area contributed by atoms with Gasteiger partial charge in [0.25, 0.3) is 0 Å². The Bertz CT molecular complexity index is 503. The summed E-state index contributed by atoms with van der Waals surface area (Å²) in [5.74, 6) is 0.724. The van der Waals surface area contributed by atoms with Gasteiger partial charge >= 0.3 is 0 Å². The molecule has 86 valence electrons. The van der Waals surface area contributed by atoms with Gasteiger partial charge in [0, 0.05) is 19.7 Å². The molecule has 0 spiro atoms. The molecule has 0 radical (unpaired) electrons. The van der Waals surface area contributed by atoms with E-state index in [4.69, 9.17) is 16.3 Å². The molecule has 0 aliphatic heterocycles. The van der Waals surface area contributed by atoms with Gasteiger partial charge in [-0.15, -0.1) is 0 Å². The number of rotatable bonds is 3. The number of aryl methyl sites for hydroxylation is 3. The second kappa shape index (κ2) is 4.17. The third-order valence-corrected chi connectivity index (χ3v) is 2.81. The number of halogens is 1. The van der Waals surface area contributed by atoms with Gasteiger partial charge < -0.3 is 4.74 Å². The van der Waals surface area contributed by atoms with Crippen molar-refractivity contribution in [1.82, 2.24) is 19.6 Å². The van der Waals surface area contributed by atoms with Crippen LogP contribution in [0.25, 0.3) is 0 Å². The molecule has 0 fully saturated rings. The standard InChI is InChI=1S/C10H13ClN4O/c1-7-9(10(11)15(3)13-7)6-16-8-4-12-14(2)5-8/h4-5H,6H2,1-3H3. The topological polar surface area (TPSA) is 44.9 Å². The molecule has 0 unspecified atom stereocenters. The van der Waals surface area contributed by atoms with Crippen LogP contribution in [0.1, 0.15) is 11.3 Å². The number of hydrogen-bond acceptors (Lipinski definition) is 3. The minimum absolute atomic E-state index is 0.407. The molecule has 0 aromatic carbocycles. The lowest BCUT2D eigenvalue weighted by molar-refractivity contribution is 0.305. The number of hydrogen-bond donors (Lipinski definition) is 0. The van der Waals surface area contributed by atoms with E-state index < -0.39 is 0 Å². The van der Waals surface area contributed by atoms with Crippen molar-refractivity contribution in [3.8, 4) is 5.75 Å². The van der Waals surface area contributed by atoms with Crippen molar-refractivity contribution in [2.75, 3.05) is 0 Å². The maximum Gasteiger partial charge on any atom is 0.157 e. The Morgan fingerprint density at radius 2 is 2.19 bits per heavy atom. The fourth-order valence-electron chi connectivity index (χ4n) is 1.47. The normalized spacial score (nSPS) is 10.8. The van der Waals surface area contributed by atoms with Crippen molar-refractivity contribution >= 4 is 11.6 Å². The maximum atomic E-state index is 6.09. The molecule has 2 aromatic heterocycles. The van der Waals surface area contributed by atoms with Gasteiger partial charge in [0.15, 0.2) is 5.75 Å². The number of nitrogens with zero attached hydrogens (tertiary/aromatic N) is 4. The molecule has 5 nitrogen and oxygen atoms in total. The highest BCUT2D eigenvalue weighted by molar-refractivity contribution is 6.30. The Morgan fingerprint density at radius 1 is 1.44 bits per heavy atom. The Morgan fingerprint density at radius 3 is 2.69 bits per heavy atom.